The number of carbonyl (C=O) groups is 2. The SMILES string of the molecule is CCNC(=O)[C@H](Cc1ccccc1)N(Cc1ccc(F)cc1)C(=O)CN(c1ccc(C)c(Cl)c1)S(=O)(=O)c1ccc(C)cc1. The number of nitrogens with one attached hydrogen (secondary N) is 1. The van der Waals surface area contributed by atoms with E-state index in [2.05, 4.69) is 5.32 Å². The molecule has 0 saturated carbocycles. The van der Waals surface area contributed by atoms with Gasteiger partial charge >= 0.3 is 0 Å². The molecule has 0 aromatic heterocycles. The van der Waals surface area contributed by atoms with Gasteiger partial charge in [-0.2, -0.15) is 0 Å². The number of likely N-dealkylation sites (N-methyl/N-ethyl adjacent to an activating group) is 1. The first-order valence-corrected chi connectivity index (χ1v) is 16.0. The highest BCUT2D eigenvalue weighted by atomic mass is 35.5. The van der Waals surface area contributed by atoms with Crippen LogP contribution in [0.3, 0.4) is 0 Å². The average Bonchev–Trinajstić information content (AvgIpc) is 3.00. The van der Waals surface area contributed by atoms with Crippen LogP contribution in [0.15, 0.2) is 102 Å². The van der Waals surface area contributed by atoms with E-state index in [0.717, 1.165) is 21.0 Å². The second-order valence-corrected chi connectivity index (χ2v) is 12.8. The molecule has 0 heterocycles. The molecule has 1 N–H and O–H groups in total. The Morgan fingerprint density at radius 2 is 1.55 bits per heavy atom. The standard InChI is InChI=1S/C34H35ClFN3O4S/c1-4-37-34(41)32(20-26-8-6-5-7-9-26)38(22-27-13-15-28(36)16-14-27)33(40)23-39(29-17-12-25(3)31(35)21-29)44(42,43)30-18-10-24(2)11-19-30/h5-19,21,32H,4,20,22-23H2,1-3H3,(H,37,41)/t32-/m0/s1. The van der Waals surface area contributed by atoms with Gasteiger partial charge < -0.3 is 10.2 Å². The summed E-state index contributed by atoms with van der Waals surface area (Å²) in [6.45, 7) is 5.08. The van der Waals surface area contributed by atoms with E-state index in [-0.39, 0.29) is 23.5 Å². The second-order valence-electron chi connectivity index (χ2n) is 10.5. The first kappa shape index (κ1) is 32.7. The van der Waals surface area contributed by atoms with Gasteiger partial charge in [-0.1, -0.05) is 77.8 Å². The van der Waals surface area contributed by atoms with E-state index in [1.165, 1.54) is 47.4 Å². The van der Waals surface area contributed by atoms with Gasteiger partial charge in [0.05, 0.1) is 10.6 Å². The molecule has 10 heteroatoms. The van der Waals surface area contributed by atoms with E-state index in [9.17, 15) is 22.4 Å². The highest BCUT2D eigenvalue weighted by molar-refractivity contribution is 7.92. The van der Waals surface area contributed by atoms with Crippen LogP contribution < -0.4 is 9.62 Å². The van der Waals surface area contributed by atoms with Crippen LogP contribution in [0.25, 0.3) is 0 Å². The molecular weight excluding hydrogens is 601 g/mol. The fraction of sp³-hybridized carbons (Fsp3) is 0.235. The first-order valence-electron chi connectivity index (χ1n) is 14.2. The largest absolute Gasteiger partial charge is 0.355 e. The number of benzene rings is 4. The number of carbonyl (C=O) groups excluding carboxylic acids is 2. The van der Waals surface area contributed by atoms with Gasteiger partial charge in [0.2, 0.25) is 11.8 Å². The van der Waals surface area contributed by atoms with E-state index in [1.807, 2.05) is 37.3 Å². The third kappa shape index (κ3) is 8.03. The fourth-order valence-corrected chi connectivity index (χ4v) is 6.32. The predicted octanol–water partition coefficient (Wildman–Crippen LogP) is 6.07. The zero-order chi connectivity index (χ0) is 31.9. The Kier molecular flexibility index (Phi) is 10.8. The first-order chi connectivity index (χ1) is 21.0. The lowest BCUT2D eigenvalue weighted by atomic mass is 10.0. The van der Waals surface area contributed by atoms with Crippen LogP contribution >= 0.6 is 11.6 Å². The summed E-state index contributed by atoms with van der Waals surface area (Å²) >= 11 is 6.41. The zero-order valence-electron chi connectivity index (χ0n) is 24.8. The van der Waals surface area contributed by atoms with E-state index in [4.69, 9.17) is 11.6 Å². The van der Waals surface area contributed by atoms with Gasteiger partial charge in [-0.3, -0.25) is 13.9 Å². The van der Waals surface area contributed by atoms with Gasteiger partial charge in [-0.05, 0) is 73.9 Å². The molecule has 0 radical (unpaired) electrons. The minimum Gasteiger partial charge on any atom is -0.355 e. The predicted molar refractivity (Wildman–Crippen MR) is 171 cm³/mol. The summed E-state index contributed by atoms with van der Waals surface area (Å²) in [5.74, 6) is -1.45. The molecule has 4 aromatic rings. The van der Waals surface area contributed by atoms with Gasteiger partial charge in [0.25, 0.3) is 10.0 Å². The Morgan fingerprint density at radius 3 is 2.16 bits per heavy atom. The lowest BCUT2D eigenvalue weighted by Gasteiger charge is -2.34. The van der Waals surface area contributed by atoms with Crippen molar-refractivity contribution in [2.24, 2.45) is 0 Å². The number of nitrogens with zero attached hydrogens (tertiary/aromatic N) is 2. The number of rotatable bonds is 12. The minimum atomic E-state index is -4.25. The molecule has 0 bridgehead atoms. The molecule has 4 aromatic carbocycles. The molecule has 0 spiro atoms. The summed E-state index contributed by atoms with van der Waals surface area (Å²) in [4.78, 5) is 29.2. The van der Waals surface area contributed by atoms with Crippen molar-refractivity contribution in [1.82, 2.24) is 10.2 Å². The normalized spacial score (nSPS) is 11.9. The van der Waals surface area contributed by atoms with Gasteiger partial charge in [-0.15, -0.1) is 0 Å². The van der Waals surface area contributed by atoms with Crippen molar-refractivity contribution in [3.05, 3.63) is 130 Å². The molecule has 7 nitrogen and oxygen atoms in total. The summed E-state index contributed by atoms with van der Waals surface area (Å²) in [5.41, 5.74) is 3.21. The maximum absolute atomic E-state index is 14.4. The van der Waals surface area contributed by atoms with Crippen LogP contribution in [0.5, 0.6) is 0 Å². The number of halogens is 2. The third-order valence-electron chi connectivity index (χ3n) is 7.22. The molecular formula is C34H35ClFN3O4S. The lowest BCUT2D eigenvalue weighted by Crippen LogP contribution is -2.53. The van der Waals surface area contributed by atoms with Gasteiger partial charge in [0.1, 0.15) is 18.4 Å². The van der Waals surface area contributed by atoms with E-state index in [1.54, 1.807) is 38.1 Å². The molecule has 2 amide bonds. The monoisotopic (exact) mass is 635 g/mol. The smallest absolute Gasteiger partial charge is 0.264 e. The molecule has 0 aliphatic heterocycles. The summed E-state index contributed by atoms with van der Waals surface area (Å²) < 4.78 is 42.9. The number of hydrogen-bond donors (Lipinski definition) is 1. The van der Waals surface area contributed by atoms with E-state index in [0.29, 0.717) is 17.1 Å². The Hall–Kier alpha value is -4.21. The summed E-state index contributed by atoms with van der Waals surface area (Å²) in [6, 6.07) is 25.0. The summed E-state index contributed by atoms with van der Waals surface area (Å²) in [5, 5.41) is 3.15. The third-order valence-corrected chi connectivity index (χ3v) is 9.41. The van der Waals surface area contributed by atoms with Crippen LogP contribution in [-0.2, 0) is 32.6 Å². The van der Waals surface area contributed by atoms with Crippen LogP contribution in [0.1, 0.15) is 29.2 Å². The maximum atomic E-state index is 14.4. The summed E-state index contributed by atoms with van der Waals surface area (Å²) in [7, 11) is -4.25. The van der Waals surface area contributed by atoms with Crippen molar-refractivity contribution in [2.45, 2.75) is 44.7 Å². The van der Waals surface area contributed by atoms with Crippen molar-refractivity contribution in [3.63, 3.8) is 0 Å². The van der Waals surface area contributed by atoms with Crippen molar-refractivity contribution < 1.29 is 22.4 Å². The Bertz CT molecular complexity index is 1700. The highest BCUT2D eigenvalue weighted by Crippen LogP contribution is 2.29. The molecule has 44 heavy (non-hydrogen) atoms. The topological polar surface area (TPSA) is 86.8 Å². The summed E-state index contributed by atoms with van der Waals surface area (Å²) in [6.07, 6.45) is 0.181. The van der Waals surface area contributed by atoms with Crippen molar-refractivity contribution in [2.75, 3.05) is 17.4 Å². The molecule has 0 aliphatic rings. The van der Waals surface area contributed by atoms with Crippen molar-refractivity contribution in [1.29, 1.82) is 0 Å². The van der Waals surface area contributed by atoms with Gasteiger partial charge in [0.15, 0.2) is 0 Å². The molecule has 0 aliphatic carbocycles. The van der Waals surface area contributed by atoms with Crippen molar-refractivity contribution >= 4 is 39.1 Å². The minimum absolute atomic E-state index is 0.00208. The quantitative estimate of drug-likeness (QED) is 0.205. The molecule has 4 rings (SSSR count). The van der Waals surface area contributed by atoms with Crippen LogP contribution in [0.4, 0.5) is 10.1 Å². The number of amides is 2. The molecule has 0 unspecified atom stereocenters. The Morgan fingerprint density at radius 1 is 0.886 bits per heavy atom. The Labute approximate surface area is 263 Å². The van der Waals surface area contributed by atoms with E-state index >= 15 is 0 Å². The number of aryl methyl sites for hydroxylation is 2. The van der Waals surface area contributed by atoms with Crippen LogP contribution in [-0.4, -0.2) is 44.3 Å². The lowest BCUT2D eigenvalue weighted by molar-refractivity contribution is -0.140. The van der Waals surface area contributed by atoms with Gasteiger partial charge in [0, 0.05) is 24.5 Å². The number of hydrogen-bond acceptors (Lipinski definition) is 4. The van der Waals surface area contributed by atoms with Gasteiger partial charge in [-0.25, -0.2) is 12.8 Å². The van der Waals surface area contributed by atoms with Crippen molar-refractivity contribution in [3.8, 4) is 0 Å². The molecule has 1 atom stereocenters. The number of anilines is 1. The average molecular weight is 636 g/mol. The zero-order valence-corrected chi connectivity index (χ0v) is 26.4. The molecule has 0 fully saturated rings. The van der Waals surface area contributed by atoms with Crippen LogP contribution in [0, 0.1) is 19.7 Å². The molecule has 0 saturated heterocycles. The number of sulfonamides is 1. The molecule has 230 valence electrons. The van der Waals surface area contributed by atoms with E-state index < -0.39 is 40.2 Å². The Balaban J connectivity index is 1.81. The fourth-order valence-electron chi connectivity index (χ4n) is 4.74. The highest BCUT2D eigenvalue weighted by Gasteiger charge is 2.34. The maximum Gasteiger partial charge on any atom is 0.264 e. The van der Waals surface area contributed by atoms with Crippen LogP contribution in [0.2, 0.25) is 5.02 Å². The second kappa shape index (κ2) is 14.5.